The van der Waals surface area contributed by atoms with E-state index in [1.165, 1.54) is 5.56 Å². The van der Waals surface area contributed by atoms with Gasteiger partial charge in [-0.05, 0) is 37.6 Å². The third kappa shape index (κ3) is 3.26. The number of carbonyl (C=O) groups is 1. The summed E-state index contributed by atoms with van der Waals surface area (Å²) >= 11 is 0. The molecule has 102 valence electrons. The fraction of sp³-hybridized carbons (Fsp3) is 0.118. The minimum atomic E-state index is 0.403. The minimum Gasteiger partial charge on any atom is -0.457 e. The summed E-state index contributed by atoms with van der Waals surface area (Å²) in [6.45, 7) is 8.26. The lowest BCUT2D eigenvalue weighted by Gasteiger charge is -2.12. The molecule has 0 bridgehead atoms. The Balaban J connectivity index is 2.15. The Morgan fingerprint density at radius 3 is 2.40 bits per heavy atom. The summed E-state index contributed by atoms with van der Waals surface area (Å²) in [4.78, 5) is 10.3. The summed E-state index contributed by atoms with van der Waals surface area (Å²) < 4.78 is 10.6. The van der Waals surface area contributed by atoms with E-state index in [-0.39, 0.29) is 0 Å². The molecule has 0 saturated heterocycles. The molecule has 0 radical (unpaired) electrons. The molecule has 20 heavy (non-hydrogen) atoms. The van der Waals surface area contributed by atoms with Gasteiger partial charge in [-0.3, -0.25) is 4.79 Å². The molecule has 0 saturated carbocycles. The van der Waals surface area contributed by atoms with Crippen LogP contribution in [0.1, 0.15) is 16.7 Å². The number of ether oxygens (including phenoxy) is 2. The summed E-state index contributed by atoms with van der Waals surface area (Å²) in [5, 5.41) is 0. The third-order valence-electron chi connectivity index (χ3n) is 2.94. The molecule has 0 spiro atoms. The number of rotatable bonds is 5. The van der Waals surface area contributed by atoms with Crippen LogP contribution in [0.5, 0.6) is 11.5 Å². The van der Waals surface area contributed by atoms with E-state index in [2.05, 4.69) is 6.58 Å². The van der Waals surface area contributed by atoms with Crippen LogP contribution in [0.25, 0.3) is 5.76 Å². The van der Waals surface area contributed by atoms with Crippen LogP contribution in [-0.4, -0.2) is 6.47 Å². The van der Waals surface area contributed by atoms with Gasteiger partial charge < -0.3 is 9.47 Å². The second-order valence-electron chi connectivity index (χ2n) is 4.53. The molecule has 0 aliphatic carbocycles. The Morgan fingerprint density at radius 2 is 1.80 bits per heavy atom. The molecule has 2 aromatic rings. The Morgan fingerprint density at radius 1 is 1.10 bits per heavy atom. The fourth-order valence-electron chi connectivity index (χ4n) is 1.80. The maximum Gasteiger partial charge on any atom is 0.298 e. The first-order chi connectivity index (χ1) is 9.60. The lowest BCUT2D eigenvalue weighted by molar-refractivity contribution is -0.120. The molecule has 0 aromatic heterocycles. The van der Waals surface area contributed by atoms with Crippen LogP contribution in [0.15, 0.2) is 49.0 Å². The number of hydrogen-bond donors (Lipinski definition) is 0. The van der Waals surface area contributed by atoms with E-state index in [0.29, 0.717) is 23.7 Å². The number of aryl methyl sites for hydroxylation is 2. The first-order valence-corrected chi connectivity index (χ1v) is 6.25. The first-order valence-electron chi connectivity index (χ1n) is 6.25. The molecule has 0 unspecified atom stereocenters. The van der Waals surface area contributed by atoms with Crippen molar-refractivity contribution in [1.82, 2.24) is 0 Å². The zero-order valence-corrected chi connectivity index (χ0v) is 11.6. The van der Waals surface area contributed by atoms with E-state index >= 15 is 0 Å². The average Bonchev–Trinajstić information content (AvgIpc) is 2.43. The molecule has 0 aliphatic heterocycles. The van der Waals surface area contributed by atoms with Crippen molar-refractivity contribution in [1.29, 1.82) is 0 Å². The van der Waals surface area contributed by atoms with Crippen molar-refractivity contribution < 1.29 is 14.3 Å². The van der Waals surface area contributed by atoms with Crippen molar-refractivity contribution in [2.75, 3.05) is 0 Å². The van der Waals surface area contributed by atoms with Crippen LogP contribution in [-0.2, 0) is 4.79 Å². The summed E-state index contributed by atoms with van der Waals surface area (Å²) in [5.41, 5.74) is 2.99. The standard InChI is InChI=1S/C17H16O3/c1-12-4-6-15(7-5-12)14(3)20-17-9-8-16(19-11-18)10-13(17)2/h4-11H,3H2,1-2H3. The largest absolute Gasteiger partial charge is 0.457 e. The van der Waals surface area contributed by atoms with Crippen molar-refractivity contribution in [2.24, 2.45) is 0 Å². The van der Waals surface area contributed by atoms with Gasteiger partial charge in [0.25, 0.3) is 6.47 Å². The van der Waals surface area contributed by atoms with Gasteiger partial charge in [0.1, 0.15) is 17.3 Å². The lowest BCUT2D eigenvalue weighted by atomic mass is 10.1. The van der Waals surface area contributed by atoms with Crippen molar-refractivity contribution >= 4 is 12.2 Å². The predicted octanol–water partition coefficient (Wildman–Crippen LogP) is 3.89. The van der Waals surface area contributed by atoms with Gasteiger partial charge >= 0.3 is 0 Å². The lowest BCUT2D eigenvalue weighted by Crippen LogP contribution is -1.96. The van der Waals surface area contributed by atoms with Gasteiger partial charge in [0.05, 0.1) is 0 Å². The Bertz CT molecular complexity index is 627. The summed E-state index contributed by atoms with van der Waals surface area (Å²) in [5.74, 6) is 1.76. The molecule has 0 N–H and O–H groups in total. The molecular formula is C17H16O3. The van der Waals surface area contributed by atoms with Crippen molar-refractivity contribution in [2.45, 2.75) is 13.8 Å². The molecule has 3 heteroatoms. The molecule has 0 heterocycles. The van der Waals surface area contributed by atoms with Gasteiger partial charge in [-0.2, -0.15) is 0 Å². The number of benzene rings is 2. The highest BCUT2D eigenvalue weighted by atomic mass is 16.5. The van der Waals surface area contributed by atoms with Crippen LogP contribution in [0, 0.1) is 13.8 Å². The number of carbonyl (C=O) groups excluding carboxylic acids is 1. The normalized spacial score (nSPS) is 9.90. The van der Waals surface area contributed by atoms with E-state index in [1.54, 1.807) is 18.2 Å². The van der Waals surface area contributed by atoms with Gasteiger partial charge in [-0.15, -0.1) is 0 Å². The quantitative estimate of drug-likeness (QED) is 0.609. The molecule has 2 aromatic carbocycles. The minimum absolute atomic E-state index is 0.403. The van der Waals surface area contributed by atoms with Gasteiger partial charge in [0.2, 0.25) is 0 Å². The monoisotopic (exact) mass is 268 g/mol. The van der Waals surface area contributed by atoms with Crippen molar-refractivity contribution in [3.8, 4) is 11.5 Å². The van der Waals surface area contributed by atoms with Gasteiger partial charge in [0, 0.05) is 5.56 Å². The van der Waals surface area contributed by atoms with E-state index < -0.39 is 0 Å². The molecule has 0 amide bonds. The van der Waals surface area contributed by atoms with Crippen LogP contribution in [0.3, 0.4) is 0 Å². The highest BCUT2D eigenvalue weighted by molar-refractivity contribution is 5.61. The molecular weight excluding hydrogens is 252 g/mol. The maximum atomic E-state index is 10.3. The molecule has 0 aliphatic rings. The van der Waals surface area contributed by atoms with E-state index in [4.69, 9.17) is 9.47 Å². The molecule has 2 rings (SSSR count). The van der Waals surface area contributed by atoms with Crippen LogP contribution in [0.4, 0.5) is 0 Å². The van der Waals surface area contributed by atoms with Crippen LogP contribution >= 0.6 is 0 Å². The molecule has 0 atom stereocenters. The predicted molar refractivity (Wildman–Crippen MR) is 78.7 cm³/mol. The van der Waals surface area contributed by atoms with Crippen molar-refractivity contribution in [3.63, 3.8) is 0 Å². The van der Waals surface area contributed by atoms with Gasteiger partial charge in [0.15, 0.2) is 0 Å². The smallest absolute Gasteiger partial charge is 0.298 e. The third-order valence-corrected chi connectivity index (χ3v) is 2.94. The summed E-state index contributed by atoms with van der Waals surface area (Å²) in [7, 11) is 0. The first kappa shape index (κ1) is 13.9. The van der Waals surface area contributed by atoms with Crippen molar-refractivity contribution in [3.05, 3.63) is 65.7 Å². The molecule has 0 fully saturated rings. The Labute approximate surface area is 118 Å². The second kappa shape index (κ2) is 6.06. The van der Waals surface area contributed by atoms with Crippen LogP contribution < -0.4 is 9.47 Å². The average molecular weight is 268 g/mol. The van der Waals surface area contributed by atoms with E-state index in [1.807, 2.05) is 38.1 Å². The summed E-state index contributed by atoms with van der Waals surface area (Å²) in [6.07, 6.45) is 0. The summed E-state index contributed by atoms with van der Waals surface area (Å²) in [6, 6.07) is 13.1. The molecule has 3 nitrogen and oxygen atoms in total. The topological polar surface area (TPSA) is 35.5 Å². The Hall–Kier alpha value is -2.55. The van der Waals surface area contributed by atoms with Gasteiger partial charge in [-0.25, -0.2) is 0 Å². The number of hydrogen-bond acceptors (Lipinski definition) is 3. The highest BCUT2D eigenvalue weighted by Gasteiger charge is 2.06. The zero-order chi connectivity index (χ0) is 14.5. The SMILES string of the molecule is C=C(Oc1ccc(OC=O)cc1C)c1ccc(C)cc1. The fourth-order valence-corrected chi connectivity index (χ4v) is 1.80. The zero-order valence-electron chi connectivity index (χ0n) is 11.6. The van der Waals surface area contributed by atoms with Gasteiger partial charge in [-0.1, -0.05) is 36.4 Å². The highest BCUT2D eigenvalue weighted by Crippen LogP contribution is 2.27. The maximum absolute atomic E-state index is 10.3. The Kier molecular flexibility index (Phi) is 4.20. The van der Waals surface area contributed by atoms with E-state index in [0.717, 1.165) is 11.1 Å². The van der Waals surface area contributed by atoms with Crippen LogP contribution in [0.2, 0.25) is 0 Å². The second-order valence-corrected chi connectivity index (χ2v) is 4.53. The van der Waals surface area contributed by atoms with E-state index in [9.17, 15) is 4.79 Å².